The zero-order chi connectivity index (χ0) is 15.6. The number of carbonyl (C=O) groups excluding carboxylic acids is 1. The smallest absolute Gasteiger partial charge is 0.369 e. The van der Waals surface area contributed by atoms with Crippen molar-refractivity contribution in [2.45, 2.75) is 33.4 Å². The molecule has 1 aromatic rings. The number of nitrogens with zero attached hydrogens (tertiary/aromatic N) is 1. The summed E-state index contributed by atoms with van der Waals surface area (Å²) in [6, 6.07) is 1.79. The zero-order valence-corrected chi connectivity index (χ0v) is 11.6. The third kappa shape index (κ3) is 4.11. The summed E-state index contributed by atoms with van der Waals surface area (Å²) < 4.78 is 37.9. The Hall–Kier alpha value is -1.79. The van der Waals surface area contributed by atoms with Crippen molar-refractivity contribution in [3.8, 4) is 0 Å². The highest BCUT2D eigenvalue weighted by molar-refractivity contribution is 5.97. The van der Waals surface area contributed by atoms with Gasteiger partial charge in [-0.15, -0.1) is 0 Å². The van der Waals surface area contributed by atoms with Gasteiger partial charge in [0.05, 0.1) is 5.56 Å². The number of nitrogens with one attached hydrogen (secondary N) is 1. The number of alkyl halides is 3. The van der Waals surface area contributed by atoms with Crippen molar-refractivity contribution in [2.75, 3.05) is 11.9 Å². The lowest BCUT2D eigenvalue weighted by Crippen LogP contribution is -2.25. The van der Waals surface area contributed by atoms with Gasteiger partial charge in [-0.1, -0.05) is 20.8 Å². The van der Waals surface area contributed by atoms with E-state index in [1.165, 1.54) is 0 Å². The molecular weight excluding hydrogens is 271 g/mol. The summed E-state index contributed by atoms with van der Waals surface area (Å²) in [6.45, 7) is 6.27. The first-order valence-electron chi connectivity index (χ1n) is 6.19. The van der Waals surface area contributed by atoms with Crippen molar-refractivity contribution in [1.29, 1.82) is 0 Å². The number of primary amides is 1. The highest BCUT2D eigenvalue weighted by Crippen LogP contribution is 2.30. The molecule has 7 heteroatoms. The van der Waals surface area contributed by atoms with Gasteiger partial charge in [-0.3, -0.25) is 4.79 Å². The molecule has 0 aliphatic carbocycles. The van der Waals surface area contributed by atoms with E-state index in [4.69, 9.17) is 5.73 Å². The van der Waals surface area contributed by atoms with E-state index in [0.717, 1.165) is 18.6 Å². The second-order valence-electron chi connectivity index (χ2n) is 5.33. The van der Waals surface area contributed by atoms with Crippen LogP contribution in [0.15, 0.2) is 12.1 Å². The molecule has 112 valence electrons. The summed E-state index contributed by atoms with van der Waals surface area (Å²) in [5, 5.41) is 2.79. The molecule has 4 nitrogen and oxygen atoms in total. The molecule has 1 heterocycles. The van der Waals surface area contributed by atoms with E-state index in [0.29, 0.717) is 6.54 Å². The van der Waals surface area contributed by atoms with Gasteiger partial charge in [-0.25, -0.2) is 4.98 Å². The van der Waals surface area contributed by atoms with Crippen molar-refractivity contribution in [1.82, 2.24) is 4.98 Å². The molecule has 0 saturated carbocycles. The number of aromatic nitrogens is 1. The van der Waals surface area contributed by atoms with Gasteiger partial charge in [-0.2, -0.15) is 13.2 Å². The average molecular weight is 289 g/mol. The lowest BCUT2D eigenvalue weighted by molar-refractivity contribution is -0.141. The second kappa shape index (κ2) is 5.68. The first-order valence-corrected chi connectivity index (χ1v) is 6.19. The summed E-state index contributed by atoms with van der Waals surface area (Å²) in [5.41, 5.74) is 3.90. The largest absolute Gasteiger partial charge is 0.433 e. The van der Waals surface area contributed by atoms with E-state index in [9.17, 15) is 18.0 Å². The van der Waals surface area contributed by atoms with Crippen LogP contribution in [-0.4, -0.2) is 17.4 Å². The van der Waals surface area contributed by atoms with Gasteiger partial charge in [-0.05, 0) is 24.0 Å². The molecular formula is C13H18F3N3O. The minimum absolute atomic E-state index is 0.0510. The van der Waals surface area contributed by atoms with Crippen LogP contribution in [0.2, 0.25) is 0 Å². The fraction of sp³-hybridized carbons (Fsp3) is 0.538. The number of amides is 1. The van der Waals surface area contributed by atoms with Gasteiger partial charge >= 0.3 is 6.18 Å². The molecule has 0 aliphatic rings. The number of hydrogen-bond donors (Lipinski definition) is 2. The molecule has 0 aliphatic heterocycles. The van der Waals surface area contributed by atoms with Gasteiger partial charge < -0.3 is 11.1 Å². The van der Waals surface area contributed by atoms with Gasteiger partial charge in [0.25, 0.3) is 5.91 Å². The number of anilines is 1. The topological polar surface area (TPSA) is 68.0 Å². The summed E-state index contributed by atoms with van der Waals surface area (Å²) >= 11 is 0. The third-order valence-corrected chi connectivity index (χ3v) is 3.14. The number of halogens is 3. The first-order chi connectivity index (χ1) is 9.07. The van der Waals surface area contributed by atoms with E-state index in [-0.39, 0.29) is 16.8 Å². The van der Waals surface area contributed by atoms with E-state index in [1.807, 2.05) is 20.8 Å². The number of hydrogen-bond acceptors (Lipinski definition) is 3. The van der Waals surface area contributed by atoms with Crippen LogP contribution in [0.3, 0.4) is 0 Å². The maximum atomic E-state index is 12.6. The highest BCUT2D eigenvalue weighted by Gasteiger charge is 2.33. The van der Waals surface area contributed by atoms with Crippen molar-refractivity contribution >= 4 is 11.7 Å². The summed E-state index contributed by atoms with van der Waals surface area (Å²) in [4.78, 5) is 14.7. The Balaban J connectivity index is 3.10. The second-order valence-corrected chi connectivity index (χ2v) is 5.33. The average Bonchev–Trinajstić information content (AvgIpc) is 2.35. The van der Waals surface area contributed by atoms with E-state index >= 15 is 0 Å². The molecule has 0 spiro atoms. The van der Waals surface area contributed by atoms with Crippen molar-refractivity contribution in [2.24, 2.45) is 11.1 Å². The molecule has 1 aromatic heterocycles. The van der Waals surface area contributed by atoms with Crippen molar-refractivity contribution < 1.29 is 18.0 Å². The van der Waals surface area contributed by atoms with Crippen LogP contribution < -0.4 is 11.1 Å². The molecule has 0 bridgehead atoms. The van der Waals surface area contributed by atoms with Crippen LogP contribution in [0.5, 0.6) is 0 Å². The van der Waals surface area contributed by atoms with E-state index in [2.05, 4.69) is 10.3 Å². The molecule has 0 atom stereocenters. The van der Waals surface area contributed by atoms with Gasteiger partial charge in [0.15, 0.2) is 0 Å². The molecule has 0 saturated heterocycles. The molecule has 0 unspecified atom stereocenters. The highest BCUT2D eigenvalue weighted by atomic mass is 19.4. The fourth-order valence-electron chi connectivity index (χ4n) is 1.40. The van der Waals surface area contributed by atoms with Gasteiger partial charge in [0.2, 0.25) is 0 Å². The lowest BCUT2D eigenvalue weighted by atomic mass is 9.90. The van der Waals surface area contributed by atoms with Crippen molar-refractivity contribution in [3.63, 3.8) is 0 Å². The summed E-state index contributed by atoms with van der Waals surface area (Å²) in [7, 11) is 0. The Morgan fingerprint density at radius 2 is 1.95 bits per heavy atom. The van der Waals surface area contributed by atoms with Crippen LogP contribution in [0.1, 0.15) is 43.2 Å². The molecule has 3 N–H and O–H groups in total. The minimum Gasteiger partial charge on any atom is -0.369 e. The molecule has 1 amide bonds. The molecule has 1 rings (SSSR count). The number of pyridine rings is 1. The maximum absolute atomic E-state index is 12.6. The maximum Gasteiger partial charge on any atom is 0.433 e. The minimum atomic E-state index is -4.56. The van der Waals surface area contributed by atoms with Crippen LogP contribution in [-0.2, 0) is 6.18 Å². The fourth-order valence-corrected chi connectivity index (χ4v) is 1.40. The molecule has 0 aromatic carbocycles. The Bertz CT molecular complexity index is 498. The molecule has 0 fully saturated rings. The summed E-state index contributed by atoms with van der Waals surface area (Å²) in [6.07, 6.45) is -3.74. The molecule has 0 radical (unpaired) electrons. The first kappa shape index (κ1) is 16.3. The number of nitrogens with two attached hydrogens (primary N) is 1. The third-order valence-electron chi connectivity index (χ3n) is 3.14. The zero-order valence-electron chi connectivity index (χ0n) is 11.6. The number of carbonyl (C=O) groups is 1. The number of rotatable bonds is 5. The van der Waals surface area contributed by atoms with Crippen LogP contribution in [0.4, 0.5) is 19.0 Å². The van der Waals surface area contributed by atoms with Gasteiger partial charge in [0.1, 0.15) is 11.5 Å². The summed E-state index contributed by atoms with van der Waals surface area (Å²) in [5.74, 6) is -0.947. The lowest BCUT2D eigenvalue weighted by Gasteiger charge is -2.24. The van der Waals surface area contributed by atoms with E-state index in [1.54, 1.807) is 0 Å². The quantitative estimate of drug-likeness (QED) is 0.875. The monoisotopic (exact) mass is 289 g/mol. The van der Waals surface area contributed by atoms with Crippen LogP contribution >= 0.6 is 0 Å². The Morgan fingerprint density at radius 3 is 2.40 bits per heavy atom. The predicted molar refractivity (Wildman–Crippen MR) is 70.3 cm³/mol. The predicted octanol–water partition coefficient (Wildman–Crippen LogP) is 3.05. The van der Waals surface area contributed by atoms with Gasteiger partial charge in [0, 0.05) is 6.54 Å². The Labute approximate surface area is 115 Å². The van der Waals surface area contributed by atoms with Crippen LogP contribution in [0, 0.1) is 5.41 Å². The molecule has 20 heavy (non-hydrogen) atoms. The normalized spacial score (nSPS) is 12.3. The Morgan fingerprint density at radius 1 is 1.35 bits per heavy atom. The Kier molecular flexibility index (Phi) is 4.62. The van der Waals surface area contributed by atoms with Crippen molar-refractivity contribution in [3.05, 3.63) is 23.4 Å². The van der Waals surface area contributed by atoms with Crippen LogP contribution in [0.25, 0.3) is 0 Å². The SMILES string of the molecule is CCC(C)(C)CNc1nc(C(F)(F)F)ccc1C(N)=O. The van der Waals surface area contributed by atoms with E-state index < -0.39 is 17.8 Å². The standard InChI is InChI=1S/C13H18F3N3O/c1-4-12(2,3)7-18-11-8(10(17)20)5-6-9(19-11)13(14,15)16/h5-6H,4,7H2,1-3H3,(H2,17,20)(H,18,19).